The lowest BCUT2D eigenvalue weighted by atomic mass is 9.88. The third-order valence-corrected chi connectivity index (χ3v) is 3.05. The lowest BCUT2D eigenvalue weighted by Crippen LogP contribution is -2.55. The van der Waals surface area contributed by atoms with Crippen molar-refractivity contribution < 1.29 is 9.53 Å². The van der Waals surface area contributed by atoms with Gasteiger partial charge in [-0.05, 0) is 19.3 Å². The van der Waals surface area contributed by atoms with Crippen LogP contribution in [0.1, 0.15) is 33.6 Å². The number of hydrogen-bond donors (Lipinski definition) is 2. The van der Waals surface area contributed by atoms with Crippen LogP contribution in [0.15, 0.2) is 12.7 Å². The van der Waals surface area contributed by atoms with E-state index in [1.807, 2.05) is 6.92 Å². The van der Waals surface area contributed by atoms with E-state index < -0.39 is 0 Å². The summed E-state index contributed by atoms with van der Waals surface area (Å²) in [5, 5.41) is 2.99. The molecule has 0 aliphatic heterocycles. The van der Waals surface area contributed by atoms with Crippen LogP contribution in [-0.4, -0.2) is 31.2 Å². The number of rotatable bonds is 9. The van der Waals surface area contributed by atoms with Crippen molar-refractivity contribution in [1.29, 1.82) is 0 Å². The highest BCUT2D eigenvalue weighted by Gasteiger charge is 2.27. The van der Waals surface area contributed by atoms with E-state index in [-0.39, 0.29) is 23.9 Å². The van der Waals surface area contributed by atoms with Gasteiger partial charge in [0.05, 0.1) is 12.1 Å². The molecule has 0 saturated heterocycles. The van der Waals surface area contributed by atoms with E-state index in [4.69, 9.17) is 10.5 Å². The Morgan fingerprint density at radius 1 is 1.56 bits per heavy atom. The van der Waals surface area contributed by atoms with Gasteiger partial charge in [-0.2, -0.15) is 0 Å². The van der Waals surface area contributed by atoms with Gasteiger partial charge in [-0.1, -0.05) is 19.9 Å². The Kier molecular flexibility index (Phi) is 11.4. The molecule has 4 nitrogen and oxygen atoms in total. The first kappa shape index (κ1) is 19.8. The predicted molar refractivity (Wildman–Crippen MR) is 77.9 cm³/mol. The maximum atomic E-state index is 11.7. The van der Waals surface area contributed by atoms with Crippen molar-refractivity contribution in [2.24, 2.45) is 11.7 Å². The van der Waals surface area contributed by atoms with Gasteiger partial charge in [0.2, 0.25) is 5.91 Å². The number of ether oxygens (including phenoxy) is 1. The summed E-state index contributed by atoms with van der Waals surface area (Å²) in [4.78, 5) is 11.7. The fraction of sp³-hybridized carbons (Fsp3) is 0.769. The number of carbonyl (C=O) groups is 1. The maximum absolute atomic E-state index is 11.7. The molecule has 1 amide bonds. The molecule has 0 spiro atoms. The number of amides is 1. The molecule has 3 N–H and O–H groups in total. The van der Waals surface area contributed by atoms with Gasteiger partial charge in [0.25, 0.3) is 0 Å². The molecule has 0 aliphatic rings. The SMILES string of the molecule is C=CCOCCCC(=O)NC(C)(CN)C(C)C.Cl. The fourth-order valence-electron chi connectivity index (χ4n) is 1.31. The summed E-state index contributed by atoms with van der Waals surface area (Å²) < 4.78 is 5.21. The molecule has 0 aromatic heterocycles. The van der Waals surface area contributed by atoms with E-state index in [1.54, 1.807) is 6.08 Å². The zero-order chi connectivity index (χ0) is 13.3. The van der Waals surface area contributed by atoms with Crippen molar-refractivity contribution in [3.05, 3.63) is 12.7 Å². The lowest BCUT2D eigenvalue weighted by molar-refractivity contribution is -0.123. The van der Waals surface area contributed by atoms with Crippen LogP contribution in [0.25, 0.3) is 0 Å². The molecule has 18 heavy (non-hydrogen) atoms. The molecule has 0 aromatic carbocycles. The van der Waals surface area contributed by atoms with Crippen LogP contribution >= 0.6 is 12.4 Å². The highest BCUT2D eigenvalue weighted by atomic mass is 35.5. The zero-order valence-electron chi connectivity index (χ0n) is 11.7. The average Bonchev–Trinajstić information content (AvgIpc) is 2.28. The lowest BCUT2D eigenvalue weighted by Gasteiger charge is -2.33. The molecule has 5 heteroatoms. The van der Waals surface area contributed by atoms with Gasteiger partial charge in [0.1, 0.15) is 0 Å². The molecule has 108 valence electrons. The Labute approximate surface area is 117 Å². The first-order valence-corrected chi connectivity index (χ1v) is 6.16. The van der Waals surface area contributed by atoms with Gasteiger partial charge in [-0.15, -0.1) is 19.0 Å². The summed E-state index contributed by atoms with van der Waals surface area (Å²) in [6.07, 6.45) is 2.89. The topological polar surface area (TPSA) is 64.3 Å². The van der Waals surface area contributed by atoms with Crippen LogP contribution in [-0.2, 0) is 9.53 Å². The first-order valence-electron chi connectivity index (χ1n) is 6.16. The molecule has 0 bridgehead atoms. The van der Waals surface area contributed by atoms with Crippen LogP contribution in [0, 0.1) is 5.92 Å². The second-order valence-electron chi connectivity index (χ2n) is 4.79. The summed E-state index contributed by atoms with van der Waals surface area (Å²) in [5.41, 5.74) is 5.38. The molecule has 0 aromatic rings. The van der Waals surface area contributed by atoms with Gasteiger partial charge in [0, 0.05) is 19.6 Å². The predicted octanol–water partition coefficient (Wildman–Crippen LogP) is 1.88. The van der Waals surface area contributed by atoms with Crippen molar-refractivity contribution >= 4 is 18.3 Å². The number of hydrogen-bond acceptors (Lipinski definition) is 3. The van der Waals surface area contributed by atoms with Crippen molar-refractivity contribution in [3.63, 3.8) is 0 Å². The third-order valence-electron chi connectivity index (χ3n) is 3.05. The normalized spacial score (nSPS) is 13.6. The minimum absolute atomic E-state index is 0. The van der Waals surface area contributed by atoms with Crippen molar-refractivity contribution in [2.75, 3.05) is 19.8 Å². The second-order valence-corrected chi connectivity index (χ2v) is 4.79. The van der Waals surface area contributed by atoms with E-state index in [0.29, 0.717) is 32.1 Å². The quantitative estimate of drug-likeness (QED) is 0.500. The summed E-state index contributed by atoms with van der Waals surface area (Å²) in [6, 6.07) is 0. The molecule has 0 fully saturated rings. The minimum Gasteiger partial charge on any atom is -0.377 e. The highest BCUT2D eigenvalue weighted by molar-refractivity contribution is 5.85. The molecule has 0 radical (unpaired) electrons. The van der Waals surface area contributed by atoms with Crippen LogP contribution in [0.2, 0.25) is 0 Å². The molecule has 0 aliphatic carbocycles. The smallest absolute Gasteiger partial charge is 0.220 e. The molecule has 0 saturated carbocycles. The summed E-state index contributed by atoms with van der Waals surface area (Å²) in [6.45, 7) is 11.2. The molecule has 1 unspecified atom stereocenters. The first-order chi connectivity index (χ1) is 7.96. The average molecular weight is 279 g/mol. The molecular formula is C13H27ClN2O2. The minimum atomic E-state index is -0.320. The summed E-state index contributed by atoms with van der Waals surface area (Å²) in [7, 11) is 0. The third kappa shape index (κ3) is 7.69. The highest BCUT2D eigenvalue weighted by Crippen LogP contribution is 2.14. The number of carbonyl (C=O) groups excluding carboxylic acids is 1. The zero-order valence-corrected chi connectivity index (χ0v) is 12.5. The van der Waals surface area contributed by atoms with Crippen LogP contribution in [0.3, 0.4) is 0 Å². The monoisotopic (exact) mass is 278 g/mol. The second kappa shape index (κ2) is 10.4. The van der Waals surface area contributed by atoms with E-state index in [2.05, 4.69) is 25.7 Å². The van der Waals surface area contributed by atoms with Crippen LogP contribution in [0.5, 0.6) is 0 Å². The van der Waals surface area contributed by atoms with E-state index in [1.165, 1.54) is 0 Å². The van der Waals surface area contributed by atoms with Gasteiger partial charge in [-0.25, -0.2) is 0 Å². The number of halogens is 1. The van der Waals surface area contributed by atoms with Gasteiger partial charge >= 0.3 is 0 Å². The van der Waals surface area contributed by atoms with Crippen molar-refractivity contribution in [3.8, 4) is 0 Å². The molecule has 0 heterocycles. The van der Waals surface area contributed by atoms with E-state index in [0.717, 1.165) is 6.42 Å². The fourth-order valence-corrected chi connectivity index (χ4v) is 1.31. The Balaban J connectivity index is 0. The number of nitrogens with two attached hydrogens (primary N) is 1. The molecular weight excluding hydrogens is 252 g/mol. The molecule has 1 atom stereocenters. The van der Waals surface area contributed by atoms with Crippen molar-refractivity contribution in [2.45, 2.75) is 39.2 Å². The van der Waals surface area contributed by atoms with E-state index >= 15 is 0 Å². The van der Waals surface area contributed by atoms with Gasteiger partial charge < -0.3 is 15.8 Å². The summed E-state index contributed by atoms with van der Waals surface area (Å²) >= 11 is 0. The van der Waals surface area contributed by atoms with Crippen LogP contribution < -0.4 is 11.1 Å². The Morgan fingerprint density at radius 3 is 2.61 bits per heavy atom. The Hall–Kier alpha value is -0.580. The van der Waals surface area contributed by atoms with E-state index in [9.17, 15) is 4.79 Å². The van der Waals surface area contributed by atoms with Gasteiger partial charge in [-0.3, -0.25) is 4.79 Å². The van der Waals surface area contributed by atoms with Crippen molar-refractivity contribution in [1.82, 2.24) is 5.32 Å². The number of nitrogens with one attached hydrogen (secondary N) is 1. The largest absolute Gasteiger partial charge is 0.377 e. The Bertz CT molecular complexity index is 247. The molecule has 0 rings (SSSR count). The summed E-state index contributed by atoms with van der Waals surface area (Å²) in [5.74, 6) is 0.349. The standard InChI is InChI=1S/C13H26N2O2.ClH/c1-5-8-17-9-6-7-12(16)15-13(4,10-14)11(2)3;/h5,11H,1,6-10,14H2,2-4H3,(H,15,16);1H. The van der Waals surface area contributed by atoms with Gasteiger partial charge in [0.15, 0.2) is 0 Å². The Morgan fingerprint density at radius 2 is 2.17 bits per heavy atom. The maximum Gasteiger partial charge on any atom is 0.220 e. The van der Waals surface area contributed by atoms with Crippen LogP contribution in [0.4, 0.5) is 0 Å².